The van der Waals surface area contributed by atoms with E-state index >= 15 is 0 Å². The first-order valence-electron chi connectivity index (χ1n) is 8.04. The number of piperidine rings is 1. The van der Waals surface area contributed by atoms with E-state index in [0.717, 1.165) is 44.0 Å². The Balaban J connectivity index is 1.57. The van der Waals surface area contributed by atoms with Gasteiger partial charge in [-0.25, -0.2) is 0 Å². The summed E-state index contributed by atoms with van der Waals surface area (Å²) in [5.74, 6) is 2.16. The van der Waals surface area contributed by atoms with Gasteiger partial charge in [-0.15, -0.1) is 11.3 Å². The van der Waals surface area contributed by atoms with Crippen LogP contribution in [0.5, 0.6) is 17.2 Å². The van der Waals surface area contributed by atoms with Gasteiger partial charge in [-0.2, -0.15) is 0 Å². The molecule has 4 nitrogen and oxygen atoms in total. The molecule has 1 aliphatic heterocycles. The first kappa shape index (κ1) is 17.6. The third kappa shape index (κ3) is 4.23. The fourth-order valence-electron chi connectivity index (χ4n) is 2.94. The molecular weight excluding hydrogens is 390 g/mol. The molecular formula is C18H22BrNO3S. The Bertz CT molecular complexity index is 646. The van der Waals surface area contributed by atoms with Gasteiger partial charge in [0.25, 0.3) is 0 Å². The van der Waals surface area contributed by atoms with Gasteiger partial charge in [0.05, 0.1) is 18.0 Å². The van der Waals surface area contributed by atoms with Crippen molar-refractivity contribution in [2.75, 3.05) is 27.3 Å². The van der Waals surface area contributed by atoms with Crippen LogP contribution in [-0.2, 0) is 6.54 Å². The van der Waals surface area contributed by atoms with Crippen LogP contribution in [0.2, 0.25) is 0 Å². The van der Waals surface area contributed by atoms with Crippen LogP contribution in [0.3, 0.4) is 0 Å². The monoisotopic (exact) mass is 411 g/mol. The topological polar surface area (TPSA) is 30.9 Å². The van der Waals surface area contributed by atoms with Crippen LogP contribution in [0, 0.1) is 0 Å². The van der Waals surface area contributed by atoms with Gasteiger partial charge in [0.2, 0.25) is 5.75 Å². The molecule has 24 heavy (non-hydrogen) atoms. The largest absolute Gasteiger partial charge is 0.493 e. The van der Waals surface area contributed by atoms with Crippen LogP contribution in [0.25, 0.3) is 0 Å². The molecule has 1 aromatic carbocycles. The van der Waals surface area contributed by atoms with E-state index in [1.54, 1.807) is 25.6 Å². The Hall–Kier alpha value is -1.24. The summed E-state index contributed by atoms with van der Waals surface area (Å²) in [5.41, 5.74) is 0. The van der Waals surface area contributed by atoms with E-state index in [2.05, 4.69) is 33.0 Å². The van der Waals surface area contributed by atoms with E-state index in [-0.39, 0.29) is 6.10 Å². The molecule has 2 heterocycles. The highest BCUT2D eigenvalue weighted by Crippen LogP contribution is 2.38. The molecule has 0 radical (unpaired) electrons. The third-order valence-electron chi connectivity index (χ3n) is 4.21. The molecule has 0 unspecified atom stereocenters. The van der Waals surface area contributed by atoms with E-state index < -0.39 is 0 Å². The highest BCUT2D eigenvalue weighted by atomic mass is 79.9. The van der Waals surface area contributed by atoms with Crippen LogP contribution >= 0.6 is 27.3 Å². The van der Waals surface area contributed by atoms with Crippen LogP contribution in [0.4, 0.5) is 0 Å². The van der Waals surface area contributed by atoms with Crippen LogP contribution < -0.4 is 14.2 Å². The number of benzene rings is 1. The van der Waals surface area contributed by atoms with Gasteiger partial charge >= 0.3 is 0 Å². The maximum Gasteiger partial charge on any atom is 0.203 e. The highest BCUT2D eigenvalue weighted by molar-refractivity contribution is 9.11. The fraction of sp³-hybridized carbons (Fsp3) is 0.444. The second-order valence-electron chi connectivity index (χ2n) is 5.79. The zero-order valence-electron chi connectivity index (χ0n) is 14.0. The maximum atomic E-state index is 6.22. The Morgan fingerprint density at radius 1 is 1.08 bits per heavy atom. The van der Waals surface area contributed by atoms with Crippen molar-refractivity contribution in [3.8, 4) is 17.2 Å². The summed E-state index contributed by atoms with van der Waals surface area (Å²) >= 11 is 5.33. The minimum Gasteiger partial charge on any atom is -0.493 e. The molecule has 1 fully saturated rings. The lowest BCUT2D eigenvalue weighted by molar-refractivity contribution is 0.0922. The van der Waals surface area contributed by atoms with Gasteiger partial charge in [-0.3, -0.25) is 4.90 Å². The number of rotatable bonds is 6. The number of thiophene rings is 1. The molecule has 3 rings (SSSR count). The summed E-state index contributed by atoms with van der Waals surface area (Å²) in [7, 11) is 3.31. The second-order valence-corrected chi connectivity index (χ2v) is 8.34. The van der Waals surface area contributed by atoms with Crippen molar-refractivity contribution in [3.05, 3.63) is 39.0 Å². The standard InChI is InChI=1S/C18H22BrNO3S/c1-21-15-4-3-5-16(22-2)18(15)23-13-8-10-20(11-9-13)12-14-6-7-17(19)24-14/h3-7,13H,8-12H2,1-2H3. The Morgan fingerprint density at radius 3 is 2.29 bits per heavy atom. The summed E-state index contributed by atoms with van der Waals surface area (Å²) in [6.07, 6.45) is 2.21. The molecule has 6 heteroatoms. The summed E-state index contributed by atoms with van der Waals surface area (Å²) in [6.45, 7) is 3.09. The quantitative estimate of drug-likeness (QED) is 0.696. The third-order valence-corrected chi connectivity index (χ3v) is 5.82. The van der Waals surface area contributed by atoms with Gasteiger partial charge in [0, 0.05) is 24.5 Å². The van der Waals surface area contributed by atoms with Gasteiger partial charge in [-0.05, 0) is 53.0 Å². The summed E-state index contributed by atoms with van der Waals surface area (Å²) in [4.78, 5) is 3.88. The number of methoxy groups -OCH3 is 2. The molecule has 0 aliphatic carbocycles. The molecule has 1 aromatic heterocycles. The minimum atomic E-state index is 0.196. The first-order chi connectivity index (χ1) is 11.7. The SMILES string of the molecule is COc1cccc(OC)c1OC1CCN(Cc2ccc(Br)s2)CC1. The normalized spacial score (nSPS) is 16.1. The Morgan fingerprint density at radius 2 is 1.75 bits per heavy atom. The van der Waals surface area contributed by atoms with Crippen molar-refractivity contribution >= 4 is 27.3 Å². The molecule has 0 saturated carbocycles. The number of para-hydroxylation sites is 1. The van der Waals surface area contributed by atoms with Crippen molar-refractivity contribution in [2.24, 2.45) is 0 Å². The number of nitrogens with zero attached hydrogens (tertiary/aromatic N) is 1. The lowest BCUT2D eigenvalue weighted by atomic mass is 10.1. The molecule has 1 saturated heterocycles. The fourth-order valence-corrected chi connectivity index (χ4v) is 4.47. The number of halogens is 1. The van der Waals surface area contributed by atoms with Crippen LogP contribution in [-0.4, -0.2) is 38.3 Å². The molecule has 130 valence electrons. The van der Waals surface area contributed by atoms with Gasteiger partial charge < -0.3 is 14.2 Å². The van der Waals surface area contributed by atoms with E-state index in [9.17, 15) is 0 Å². The highest BCUT2D eigenvalue weighted by Gasteiger charge is 2.23. The lowest BCUT2D eigenvalue weighted by Crippen LogP contribution is -2.37. The molecule has 0 bridgehead atoms. The van der Waals surface area contributed by atoms with Gasteiger partial charge in [0.15, 0.2) is 11.5 Å². The predicted molar refractivity (Wildman–Crippen MR) is 100 cm³/mol. The number of ether oxygens (including phenoxy) is 3. The maximum absolute atomic E-state index is 6.22. The zero-order chi connectivity index (χ0) is 16.9. The molecule has 0 spiro atoms. The van der Waals surface area contributed by atoms with Gasteiger partial charge in [-0.1, -0.05) is 6.07 Å². The first-order valence-corrected chi connectivity index (χ1v) is 9.64. The average Bonchev–Trinajstić information content (AvgIpc) is 3.01. The smallest absolute Gasteiger partial charge is 0.203 e. The van der Waals surface area contributed by atoms with E-state index in [4.69, 9.17) is 14.2 Å². The molecule has 0 N–H and O–H groups in total. The van der Waals surface area contributed by atoms with Crippen LogP contribution in [0.1, 0.15) is 17.7 Å². The Labute approximate surface area is 155 Å². The van der Waals surface area contributed by atoms with Crippen molar-refractivity contribution < 1.29 is 14.2 Å². The molecule has 0 atom stereocenters. The summed E-state index contributed by atoms with van der Waals surface area (Å²) in [6, 6.07) is 10.0. The van der Waals surface area contributed by atoms with E-state index in [1.165, 1.54) is 8.66 Å². The molecule has 2 aromatic rings. The van der Waals surface area contributed by atoms with Crippen molar-refractivity contribution in [3.63, 3.8) is 0 Å². The summed E-state index contributed by atoms with van der Waals surface area (Å²) in [5, 5.41) is 0. The number of hydrogen-bond donors (Lipinski definition) is 0. The predicted octanol–water partition coefficient (Wildman–Crippen LogP) is 4.57. The average molecular weight is 412 g/mol. The lowest BCUT2D eigenvalue weighted by Gasteiger charge is -2.32. The zero-order valence-corrected chi connectivity index (χ0v) is 16.4. The number of likely N-dealkylation sites (tertiary alicyclic amines) is 1. The van der Waals surface area contributed by atoms with Crippen molar-refractivity contribution in [1.29, 1.82) is 0 Å². The van der Waals surface area contributed by atoms with E-state index in [1.807, 2.05) is 18.2 Å². The van der Waals surface area contributed by atoms with Crippen molar-refractivity contribution in [1.82, 2.24) is 4.90 Å². The second kappa shape index (κ2) is 8.23. The summed E-state index contributed by atoms with van der Waals surface area (Å²) < 4.78 is 18.2. The Kier molecular flexibility index (Phi) is 6.03. The van der Waals surface area contributed by atoms with E-state index in [0.29, 0.717) is 5.75 Å². The van der Waals surface area contributed by atoms with Gasteiger partial charge in [0.1, 0.15) is 6.10 Å². The van der Waals surface area contributed by atoms with Crippen molar-refractivity contribution in [2.45, 2.75) is 25.5 Å². The molecule has 0 amide bonds. The minimum absolute atomic E-state index is 0.196. The number of hydrogen-bond acceptors (Lipinski definition) is 5. The van der Waals surface area contributed by atoms with Crippen LogP contribution in [0.15, 0.2) is 34.1 Å². The molecule has 1 aliphatic rings.